The molecule has 0 aromatic heterocycles. The SMILES string of the molecule is [B]c1ccc2c(c1)C1(c3ccccc3N(c3ccccc3)c3ccccc31)c1c-2c2ccccc2c2ccccc12. The van der Waals surface area contributed by atoms with Gasteiger partial charge in [-0.1, -0.05) is 127 Å². The third kappa shape index (κ3) is 2.82. The molecule has 188 valence electrons. The zero-order valence-electron chi connectivity index (χ0n) is 22.4. The summed E-state index contributed by atoms with van der Waals surface area (Å²) in [7, 11) is 6.63. The Morgan fingerprint density at radius 3 is 1.68 bits per heavy atom. The van der Waals surface area contributed by atoms with Crippen molar-refractivity contribution in [1.29, 1.82) is 0 Å². The second-order valence-corrected chi connectivity index (χ2v) is 11.1. The first-order chi connectivity index (χ1) is 20.3. The van der Waals surface area contributed by atoms with Crippen molar-refractivity contribution in [3.8, 4) is 11.1 Å². The number of benzene rings is 7. The van der Waals surface area contributed by atoms with E-state index < -0.39 is 5.41 Å². The molecule has 0 amide bonds. The fraction of sp³-hybridized carbons (Fsp3) is 0.0256. The van der Waals surface area contributed by atoms with Crippen molar-refractivity contribution in [2.45, 2.75) is 5.41 Å². The highest BCUT2D eigenvalue weighted by atomic mass is 15.2. The van der Waals surface area contributed by atoms with Crippen molar-refractivity contribution in [2.75, 3.05) is 4.90 Å². The molecule has 0 fully saturated rings. The van der Waals surface area contributed by atoms with E-state index in [4.69, 9.17) is 7.85 Å². The van der Waals surface area contributed by atoms with Crippen LogP contribution < -0.4 is 10.4 Å². The van der Waals surface area contributed by atoms with Crippen molar-refractivity contribution in [2.24, 2.45) is 0 Å². The largest absolute Gasteiger partial charge is 0.310 e. The third-order valence-electron chi connectivity index (χ3n) is 9.14. The minimum atomic E-state index is -0.540. The van der Waals surface area contributed by atoms with Crippen LogP contribution in [0.1, 0.15) is 22.3 Å². The molecule has 7 aromatic carbocycles. The average Bonchev–Trinajstić information content (AvgIpc) is 3.33. The Hall–Kier alpha value is -5.08. The maximum absolute atomic E-state index is 6.63. The van der Waals surface area contributed by atoms with Crippen molar-refractivity contribution in [3.63, 3.8) is 0 Å². The van der Waals surface area contributed by atoms with Crippen LogP contribution >= 0.6 is 0 Å². The molecule has 0 N–H and O–H groups in total. The summed E-state index contributed by atoms with van der Waals surface area (Å²) in [5.74, 6) is 0. The fourth-order valence-corrected chi connectivity index (χ4v) is 7.70. The highest BCUT2D eigenvalue weighted by Crippen LogP contribution is 2.65. The molecule has 2 aliphatic rings. The highest BCUT2D eigenvalue weighted by Gasteiger charge is 2.53. The second-order valence-electron chi connectivity index (χ2n) is 11.1. The summed E-state index contributed by atoms with van der Waals surface area (Å²) >= 11 is 0. The molecule has 0 atom stereocenters. The Morgan fingerprint density at radius 1 is 0.463 bits per heavy atom. The molecule has 0 saturated heterocycles. The van der Waals surface area contributed by atoms with E-state index >= 15 is 0 Å². The standard InChI is InChI=1S/C39H24BN/c40-25-22-23-31-34(24-25)39(38-30-17-7-5-15-28(30)27-14-4-6-16-29(27)37(31)38)32-18-8-10-20-35(32)41(26-12-2-1-3-13-26)36-21-11-9-19-33(36)39/h1-24H. The Kier molecular flexibility index (Phi) is 4.55. The van der Waals surface area contributed by atoms with Crippen LogP contribution in [0, 0.1) is 0 Å². The Bertz CT molecular complexity index is 2130. The zero-order chi connectivity index (χ0) is 27.1. The smallest absolute Gasteiger partial charge is 0.113 e. The van der Waals surface area contributed by atoms with Crippen molar-refractivity contribution in [1.82, 2.24) is 0 Å². The van der Waals surface area contributed by atoms with Crippen LogP contribution in [-0.2, 0) is 5.41 Å². The minimum absolute atomic E-state index is 0.540. The monoisotopic (exact) mass is 517 g/mol. The third-order valence-corrected chi connectivity index (χ3v) is 9.14. The van der Waals surface area contributed by atoms with E-state index in [1.807, 2.05) is 0 Å². The Balaban J connectivity index is 1.55. The molecule has 2 heteroatoms. The molecule has 1 spiro atoms. The first-order valence-electron chi connectivity index (χ1n) is 14.2. The van der Waals surface area contributed by atoms with Gasteiger partial charge in [0.05, 0.1) is 16.8 Å². The molecule has 9 rings (SSSR count). The van der Waals surface area contributed by atoms with Crippen LogP contribution in [0.15, 0.2) is 146 Å². The lowest BCUT2D eigenvalue weighted by atomic mass is 9.63. The summed E-state index contributed by atoms with van der Waals surface area (Å²) in [5, 5.41) is 5.13. The van der Waals surface area contributed by atoms with E-state index in [9.17, 15) is 0 Å². The van der Waals surface area contributed by atoms with Gasteiger partial charge in [0.25, 0.3) is 0 Å². The van der Waals surface area contributed by atoms with Gasteiger partial charge in [0, 0.05) is 5.69 Å². The predicted octanol–water partition coefficient (Wildman–Crippen LogP) is 8.93. The molecule has 0 bridgehead atoms. The molecule has 2 radical (unpaired) electrons. The van der Waals surface area contributed by atoms with Gasteiger partial charge in [0.2, 0.25) is 0 Å². The van der Waals surface area contributed by atoms with Crippen LogP contribution in [-0.4, -0.2) is 7.85 Å². The maximum atomic E-state index is 6.63. The highest BCUT2D eigenvalue weighted by molar-refractivity contribution is 6.33. The van der Waals surface area contributed by atoms with E-state index in [1.54, 1.807) is 0 Å². The van der Waals surface area contributed by atoms with Crippen molar-refractivity contribution >= 4 is 51.9 Å². The van der Waals surface area contributed by atoms with Crippen LogP contribution in [0.3, 0.4) is 0 Å². The molecule has 1 nitrogen and oxygen atoms in total. The molecule has 0 unspecified atom stereocenters. The predicted molar refractivity (Wildman–Crippen MR) is 172 cm³/mol. The number of hydrogen-bond donors (Lipinski definition) is 0. The summed E-state index contributed by atoms with van der Waals surface area (Å²) in [6, 6.07) is 52.9. The van der Waals surface area contributed by atoms with Gasteiger partial charge in [-0.25, -0.2) is 0 Å². The number of anilines is 3. The van der Waals surface area contributed by atoms with Gasteiger partial charge in [-0.15, -0.1) is 0 Å². The average molecular weight is 517 g/mol. The topological polar surface area (TPSA) is 3.24 Å². The number of para-hydroxylation sites is 3. The van der Waals surface area contributed by atoms with Gasteiger partial charge < -0.3 is 4.90 Å². The van der Waals surface area contributed by atoms with Gasteiger partial charge in [-0.05, 0) is 79.2 Å². The molecule has 41 heavy (non-hydrogen) atoms. The number of hydrogen-bond acceptors (Lipinski definition) is 1. The van der Waals surface area contributed by atoms with Gasteiger partial charge >= 0.3 is 0 Å². The van der Waals surface area contributed by atoms with E-state index in [1.165, 1.54) is 66.3 Å². The molecule has 0 saturated carbocycles. The fourth-order valence-electron chi connectivity index (χ4n) is 7.70. The summed E-state index contributed by atoms with van der Waals surface area (Å²) in [6.45, 7) is 0. The van der Waals surface area contributed by atoms with E-state index in [2.05, 4.69) is 150 Å². The van der Waals surface area contributed by atoms with Crippen LogP contribution in [0.2, 0.25) is 0 Å². The van der Waals surface area contributed by atoms with Crippen LogP contribution in [0.25, 0.3) is 32.7 Å². The van der Waals surface area contributed by atoms with Crippen LogP contribution in [0.5, 0.6) is 0 Å². The van der Waals surface area contributed by atoms with Gasteiger partial charge in [-0.3, -0.25) is 0 Å². The quantitative estimate of drug-likeness (QED) is 0.155. The molecule has 1 heterocycles. The number of nitrogens with zero attached hydrogens (tertiary/aromatic N) is 1. The first kappa shape index (κ1) is 22.7. The number of fused-ring (bicyclic) bond motifs is 14. The Morgan fingerprint density at radius 2 is 1.00 bits per heavy atom. The maximum Gasteiger partial charge on any atom is 0.113 e. The van der Waals surface area contributed by atoms with Gasteiger partial charge in [0.1, 0.15) is 7.85 Å². The first-order valence-corrected chi connectivity index (χ1v) is 14.2. The molecule has 7 aromatic rings. The zero-order valence-corrected chi connectivity index (χ0v) is 22.4. The normalized spacial score (nSPS) is 14.1. The number of rotatable bonds is 1. The van der Waals surface area contributed by atoms with Crippen molar-refractivity contribution < 1.29 is 0 Å². The minimum Gasteiger partial charge on any atom is -0.310 e. The van der Waals surface area contributed by atoms with E-state index in [0.29, 0.717) is 0 Å². The molecular formula is C39H24BN. The lowest BCUT2D eigenvalue weighted by molar-refractivity contribution is 0.760. The Labute approximate surface area is 240 Å². The van der Waals surface area contributed by atoms with Gasteiger partial charge in [-0.2, -0.15) is 0 Å². The molecule has 1 aliphatic heterocycles. The molecular weight excluding hydrogens is 493 g/mol. The van der Waals surface area contributed by atoms with E-state index in [0.717, 1.165) is 11.2 Å². The lowest BCUT2D eigenvalue weighted by Gasteiger charge is -2.45. The van der Waals surface area contributed by atoms with Gasteiger partial charge in [0.15, 0.2) is 0 Å². The summed E-state index contributed by atoms with van der Waals surface area (Å²) in [4.78, 5) is 2.42. The summed E-state index contributed by atoms with van der Waals surface area (Å²) < 4.78 is 0. The van der Waals surface area contributed by atoms with E-state index in [-0.39, 0.29) is 0 Å². The summed E-state index contributed by atoms with van der Waals surface area (Å²) in [5.41, 5.74) is 11.5. The summed E-state index contributed by atoms with van der Waals surface area (Å²) in [6.07, 6.45) is 0. The lowest BCUT2D eigenvalue weighted by Crippen LogP contribution is -2.36. The molecule has 1 aliphatic carbocycles. The van der Waals surface area contributed by atoms with Crippen LogP contribution in [0.4, 0.5) is 17.1 Å². The second kappa shape index (κ2) is 8.22. The van der Waals surface area contributed by atoms with Crippen molar-refractivity contribution in [3.05, 3.63) is 168 Å².